The first-order chi connectivity index (χ1) is 16.0. The van der Waals surface area contributed by atoms with Crippen molar-refractivity contribution < 1.29 is 27.2 Å². The van der Waals surface area contributed by atoms with Crippen LogP contribution < -0.4 is 5.32 Å². The van der Waals surface area contributed by atoms with Crippen molar-refractivity contribution in [1.29, 1.82) is 0 Å². The average Bonchev–Trinajstić information content (AvgIpc) is 2.80. The molecular formula is C23H25ClF4N4O2. The van der Waals surface area contributed by atoms with Crippen LogP contribution >= 0.6 is 11.6 Å². The number of hydrogen-bond donors (Lipinski definition) is 1. The van der Waals surface area contributed by atoms with E-state index in [1.54, 1.807) is 6.07 Å². The molecule has 1 N–H and O–H groups in total. The highest BCUT2D eigenvalue weighted by Crippen LogP contribution is 2.35. The van der Waals surface area contributed by atoms with E-state index in [4.69, 9.17) is 11.6 Å². The number of carbonyl (C=O) groups is 2. The Labute approximate surface area is 199 Å². The van der Waals surface area contributed by atoms with Gasteiger partial charge in [-0.2, -0.15) is 0 Å². The smallest absolute Gasteiger partial charge is 0.273 e. The molecule has 11 heteroatoms. The maximum absolute atomic E-state index is 14.1. The Morgan fingerprint density at radius 1 is 1.26 bits per heavy atom. The van der Waals surface area contributed by atoms with Gasteiger partial charge in [0.2, 0.25) is 5.92 Å². The Bertz CT molecular complexity index is 1000. The Kier molecular flexibility index (Phi) is 8.12. The molecule has 1 fully saturated rings. The SMILES string of the molecule is C[C@](C(=O)NC1CCC(F)(F)CC1)(c1cncnc1)N(CCc1cccc(F)c1)C(=O)[C@H](F)Cl. The Morgan fingerprint density at radius 3 is 2.50 bits per heavy atom. The molecule has 0 spiro atoms. The predicted octanol–water partition coefficient (Wildman–Crippen LogP) is 4.13. The first-order valence-electron chi connectivity index (χ1n) is 10.8. The fourth-order valence-electron chi connectivity index (χ4n) is 4.08. The fraction of sp³-hybridized carbons (Fsp3) is 0.478. The van der Waals surface area contributed by atoms with Crippen LogP contribution in [0.3, 0.4) is 0 Å². The zero-order chi connectivity index (χ0) is 24.9. The normalized spacial score (nSPS) is 18.5. The molecule has 1 saturated carbocycles. The number of halogens is 5. The average molecular weight is 501 g/mol. The van der Waals surface area contributed by atoms with E-state index in [9.17, 15) is 27.2 Å². The van der Waals surface area contributed by atoms with Gasteiger partial charge in [0.25, 0.3) is 17.4 Å². The Hall–Kier alpha value is -2.75. The number of rotatable bonds is 8. The minimum Gasteiger partial charge on any atom is -0.351 e. The van der Waals surface area contributed by atoms with Crippen molar-refractivity contribution >= 4 is 23.4 Å². The highest BCUT2D eigenvalue weighted by Gasteiger charge is 2.47. The van der Waals surface area contributed by atoms with Gasteiger partial charge in [-0.05, 0) is 43.9 Å². The third kappa shape index (κ3) is 6.02. The minimum atomic E-state index is -2.79. The van der Waals surface area contributed by atoms with E-state index < -0.39 is 40.8 Å². The summed E-state index contributed by atoms with van der Waals surface area (Å²) in [6.07, 6.45) is 3.30. The van der Waals surface area contributed by atoms with Gasteiger partial charge in [-0.1, -0.05) is 23.7 Å². The van der Waals surface area contributed by atoms with E-state index >= 15 is 0 Å². The first kappa shape index (κ1) is 25.9. The molecule has 2 aromatic rings. The van der Waals surface area contributed by atoms with Gasteiger partial charge in [-0.15, -0.1) is 0 Å². The first-order valence-corrected chi connectivity index (χ1v) is 11.2. The molecule has 0 saturated heterocycles. The zero-order valence-electron chi connectivity index (χ0n) is 18.5. The van der Waals surface area contributed by atoms with Crippen molar-refractivity contribution in [3.63, 3.8) is 0 Å². The third-order valence-electron chi connectivity index (χ3n) is 6.12. The zero-order valence-corrected chi connectivity index (χ0v) is 19.2. The van der Waals surface area contributed by atoms with Gasteiger partial charge in [0.05, 0.1) is 0 Å². The minimum absolute atomic E-state index is 0.0542. The Morgan fingerprint density at radius 2 is 1.91 bits per heavy atom. The van der Waals surface area contributed by atoms with Crippen LogP contribution in [-0.2, 0) is 21.5 Å². The molecule has 2 amide bonds. The second-order valence-electron chi connectivity index (χ2n) is 8.47. The summed E-state index contributed by atoms with van der Waals surface area (Å²) in [7, 11) is 0. The summed E-state index contributed by atoms with van der Waals surface area (Å²) in [6.45, 7) is 1.21. The van der Waals surface area contributed by atoms with Crippen molar-refractivity contribution in [3.05, 3.63) is 59.9 Å². The number of alkyl halides is 4. The van der Waals surface area contributed by atoms with Crippen LogP contribution in [0, 0.1) is 5.82 Å². The molecule has 0 bridgehead atoms. The van der Waals surface area contributed by atoms with Gasteiger partial charge in [-0.3, -0.25) is 9.59 Å². The van der Waals surface area contributed by atoms with Gasteiger partial charge < -0.3 is 10.2 Å². The molecule has 0 unspecified atom stereocenters. The van der Waals surface area contributed by atoms with Crippen molar-refractivity contribution in [3.8, 4) is 0 Å². The fourth-order valence-corrected chi connectivity index (χ4v) is 4.19. The molecule has 3 rings (SSSR count). The summed E-state index contributed by atoms with van der Waals surface area (Å²) in [5, 5.41) is 2.73. The molecule has 34 heavy (non-hydrogen) atoms. The molecule has 2 atom stereocenters. The van der Waals surface area contributed by atoms with Crippen LogP contribution in [0.4, 0.5) is 17.6 Å². The van der Waals surface area contributed by atoms with Crippen LogP contribution in [0.15, 0.2) is 43.0 Å². The topological polar surface area (TPSA) is 75.2 Å². The number of hydrogen-bond acceptors (Lipinski definition) is 4. The molecule has 1 aromatic carbocycles. The number of amides is 2. The third-order valence-corrected chi connectivity index (χ3v) is 6.31. The van der Waals surface area contributed by atoms with Gasteiger partial charge in [0.15, 0.2) is 0 Å². The maximum atomic E-state index is 14.1. The number of carbonyl (C=O) groups excluding carboxylic acids is 2. The number of benzene rings is 1. The standard InChI is InChI=1S/C23H25ClF4N4O2/c1-22(16-12-29-14-30-13-16,21(34)31-18-5-8-23(27,28)9-6-18)32(20(33)19(24)26)10-7-15-3-2-4-17(25)11-15/h2-4,11-14,18-19H,5-10H2,1H3,(H,31,34)/t19-,22+/m0/s1. The van der Waals surface area contributed by atoms with Gasteiger partial charge >= 0.3 is 0 Å². The number of aromatic nitrogens is 2. The lowest BCUT2D eigenvalue weighted by atomic mass is 9.87. The molecule has 1 aliphatic rings. The highest BCUT2D eigenvalue weighted by atomic mass is 35.5. The van der Waals surface area contributed by atoms with E-state index in [-0.39, 0.29) is 44.2 Å². The number of nitrogens with zero attached hydrogens (tertiary/aromatic N) is 3. The largest absolute Gasteiger partial charge is 0.351 e. The van der Waals surface area contributed by atoms with Gasteiger partial charge in [-0.25, -0.2) is 27.5 Å². The van der Waals surface area contributed by atoms with Gasteiger partial charge in [0.1, 0.15) is 17.7 Å². The van der Waals surface area contributed by atoms with E-state index in [0.29, 0.717) is 5.56 Å². The van der Waals surface area contributed by atoms with Crippen LogP contribution in [0.5, 0.6) is 0 Å². The van der Waals surface area contributed by atoms with Crippen molar-refractivity contribution in [1.82, 2.24) is 20.2 Å². The molecule has 1 heterocycles. The van der Waals surface area contributed by atoms with Gasteiger partial charge in [0, 0.05) is 43.4 Å². The Balaban J connectivity index is 1.93. The van der Waals surface area contributed by atoms with Crippen LogP contribution in [0.2, 0.25) is 0 Å². The van der Waals surface area contributed by atoms with E-state index in [0.717, 1.165) is 4.90 Å². The van der Waals surface area contributed by atoms with Crippen molar-refractivity contribution in [2.75, 3.05) is 6.54 Å². The van der Waals surface area contributed by atoms with Crippen LogP contribution in [0.1, 0.15) is 43.7 Å². The monoisotopic (exact) mass is 500 g/mol. The highest BCUT2D eigenvalue weighted by molar-refractivity contribution is 6.29. The summed E-state index contributed by atoms with van der Waals surface area (Å²) in [5.41, 5.74) is -3.56. The second-order valence-corrected chi connectivity index (χ2v) is 8.86. The summed E-state index contributed by atoms with van der Waals surface area (Å²) < 4.78 is 54.8. The summed E-state index contributed by atoms with van der Waals surface area (Å²) in [5.74, 6) is -5.15. The van der Waals surface area contributed by atoms with E-state index in [1.807, 2.05) is 0 Å². The molecule has 1 aliphatic carbocycles. The maximum Gasteiger partial charge on any atom is 0.273 e. The lowest BCUT2D eigenvalue weighted by Gasteiger charge is -2.41. The molecule has 6 nitrogen and oxygen atoms in total. The summed E-state index contributed by atoms with van der Waals surface area (Å²) in [6, 6.07) is 5.10. The molecular weight excluding hydrogens is 476 g/mol. The molecule has 184 valence electrons. The molecule has 0 aliphatic heterocycles. The van der Waals surface area contributed by atoms with E-state index in [2.05, 4.69) is 15.3 Å². The van der Waals surface area contributed by atoms with Crippen molar-refractivity contribution in [2.24, 2.45) is 0 Å². The second kappa shape index (κ2) is 10.7. The predicted molar refractivity (Wildman–Crippen MR) is 117 cm³/mol. The lowest BCUT2D eigenvalue weighted by molar-refractivity contribution is -0.150. The summed E-state index contributed by atoms with van der Waals surface area (Å²) >= 11 is 5.49. The summed E-state index contributed by atoms with van der Waals surface area (Å²) in [4.78, 5) is 35.2. The molecule has 0 radical (unpaired) electrons. The molecule has 1 aromatic heterocycles. The quantitative estimate of drug-likeness (QED) is 0.437. The van der Waals surface area contributed by atoms with E-state index in [1.165, 1.54) is 43.8 Å². The number of nitrogens with one attached hydrogen (secondary N) is 1. The van der Waals surface area contributed by atoms with Crippen LogP contribution in [-0.4, -0.2) is 50.8 Å². The lowest BCUT2D eigenvalue weighted by Crippen LogP contribution is -2.60. The van der Waals surface area contributed by atoms with Crippen molar-refractivity contribution in [2.45, 2.75) is 62.2 Å². The van der Waals surface area contributed by atoms with Crippen LogP contribution in [0.25, 0.3) is 0 Å².